The van der Waals surface area contributed by atoms with Crippen LogP contribution in [0.1, 0.15) is 35.3 Å². The topological polar surface area (TPSA) is 79.4 Å². The second kappa shape index (κ2) is 8.12. The summed E-state index contributed by atoms with van der Waals surface area (Å²) >= 11 is 0. The predicted octanol–water partition coefficient (Wildman–Crippen LogP) is 4.11. The number of aryl methyl sites for hydroxylation is 1. The van der Waals surface area contributed by atoms with Gasteiger partial charge in [0.05, 0.1) is 16.0 Å². The molecular weight excluding hydrogens is 405 g/mol. The molecule has 8 heteroatoms. The van der Waals surface area contributed by atoms with Crippen molar-refractivity contribution in [3.8, 4) is 0 Å². The molecule has 2 aromatic carbocycles. The fourth-order valence-electron chi connectivity index (χ4n) is 3.68. The number of hydrogen-bond donors (Lipinski definition) is 1. The Hall–Kier alpha value is -2.84. The lowest BCUT2D eigenvalue weighted by Crippen LogP contribution is -2.35. The van der Waals surface area contributed by atoms with Gasteiger partial charge in [0.2, 0.25) is 10.0 Å². The molecular formula is C22H22FN3O3S. The van der Waals surface area contributed by atoms with Gasteiger partial charge in [-0.1, -0.05) is 6.42 Å². The van der Waals surface area contributed by atoms with Gasteiger partial charge >= 0.3 is 0 Å². The first-order valence-corrected chi connectivity index (χ1v) is 11.3. The highest BCUT2D eigenvalue weighted by molar-refractivity contribution is 7.89. The molecule has 1 aliphatic heterocycles. The molecule has 30 heavy (non-hydrogen) atoms. The van der Waals surface area contributed by atoms with E-state index in [4.69, 9.17) is 0 Å². The van der Waals surface area contributed by atoms with Crippen LogP contribution in [0.3, 0.4) is 0 Å². The van der Waals surface area contributed by atoms with Crippen LogP contribution in [-0.2, 0) is 10.0 Å². The van der Waals surface area contributed by atoms with Crippen molar-refractivity contribution in [2.75, 3.05) is 18.4 Å². The number of pyridine rings is 1. The van der Waals surface area contributed by atoms with E-state index in [0.29, 0.717) is 40.9 Å². The van der Waals surface area contributed by atoms with E-state index in [1.165, 1.54) is 34.6 Å². The number of aromatic nitrogens is 1. The van der Waals surface area contributed by atoms with E-state index in [0.717, 1.165) is 19.3 Å². The van der Waals surface area contributed by atoms with Gasteiger partial charge in [-0.15, -0.1) is 0 Å². The van der Waals surface area contributed by atoms with Crippen LogP contribution in [0.4, 0.5) is 10.1 Å². The van der Waals surface area contributed by atoms with Crippen LogP contribution in [0.25, 0.3) is 10.9 Å². The average Bonchev–Trinajstić information content (AvgIpc) is 2.74. The number of piperidine rings is 1. The fraction of sp³-hybridized carbons (Fsp3) is 0.273. The maximum Gasteiger partial charge on any atom is 0.256 e. The first-order valence-electron chi connectivity index (χ1n) is 9.83. The van der Waals surface area contributed by atoms with Crippen LogP contribution < -0.4 is 5.32 Å². The van der Waals surface area contributed by atoms with E-state index < -0.39 is 21.7 Å². The molecule has 156 valence electrons. The summed E-state index contributed by atoms with van der Waals surface area (Å²) in [5.41, 5.74) is 1.94. The molecule has 1 N–H and O–H groups in total. The van der Waals surface area contributed by atoms with Crippen LogP contribution in [0, 0.1) is 12.7 Å². The van der Waals surface area contributed by atoms with E-state index in [1.807, 2.05) is 0 Å². The van der Waals surface area contributed by atoms with Crippen molar-refractivity contribution in [1.29, 1.82) is 0 Å². The Balaban J connectivity index is 1.57. The number of rotatable bonds is 4. The summed E-state index contributed by atoms with van der Waals surface area (Å²) in [4.78, 5) is 17.4. The molecule has 3 aromatic rings. The largest absolute Gasteiger partial charge is 0.322 e. The van der Waals surface area contributed by atoms with Crippen LogP contribution in [-0.4, -0.2) is 36.7 Å². The Morgan fingerprint density at radius 2 is 1.73 bits per heavy atom. The minimum atomic E-state index is -3.53. The molecule has 2 heterocycles. The van der Waals surface area contributed by atoms with Gasteiger partial charge in [-0.05, 0) is 68.3 Å². The highest BCUT2D eigenvalue weighted by atomic mass is 32.2. The molecule has 0 unspecified atom stereocenters. The van der Waals surface area contributed by atoms with Crippen LogP contribution in [0.5, 0.6) is 0 Å². The van der Waals surface area contributed by atoms with Gasteiger partial charge in [-0.3, -0.25) is 9.78 Å². The summed E-state index contributed by atoms with van der Waals surface area (Å²) in [6, 6.07) is 11.8. The van der Waals surface area contributed by atoms with Crippen molar-refractivity contribution in [1.82, 2.24) is 9.29 Å². The third-order valence-corrected chi connectivity index (χ3v) is 7.12. The maximum atomic E-state index is 13.7. The second-order valence-corrected chi connectivity index (χ2v) is 9.35. The number of hydrogen-bond acceptors (Lipinski definition) is 4. The van der Waals surface area contributed by atoms with Gasteiger partial charge in [-0.25, -0.2) is 12.8 Å². The molecule has 4 rings (SSSR count). The van der Waals surface area contributed by atoms with Gasteiger partial charge in [0, 0.05) is 29.9 Å². The van der Waals surface area contributed by atoms with Crippen molar-refractivity contribution in [3.63, 3.8) is 0 Å². The van der Waals surface area contributed by atoms with Gasteiger partial charge < -0.3 is 5.32 Å². The lowest BCUT2D eigenvalue weighted by atomic mass is 10.1. The van der Waals surface area contributed by atoms with Crippen molar-refractivity contribution in [3.05, 3.63) is 65.6 Å². The molecule has 0 bridgehead atoms. The van der Waals surface area contributed by atoms with Crippen molar-refractivity contribution in [2.24, 2.45) is 0 Å². The fourth-order valence-corrected chi connectivity index (χ4v) is 5.20. The maximum absolute atomic E-state index is 13.7. The number of fused-ring (bicyclic) bond motifs is 1. The normalized spacial score (nSPS) is 15.3. The molecule has 0 spiro atoms. The quantitative estimate of drug-likeness (QED) is 0.680. The summed E-state index contributed by atoms with van der Waals surface area (Å²) in [6.07, 6.45) is 2.78. The van der Waals surface area contributed by atoms with E-state index in [1.54, 1.807) is 25.1 Å². The Bertz CT molecular complexity index is 1200. The Kier molecular flexibility index (Phi) is 5.53. The molecule has 0 radical (unpaired) electrons. The SMILES string of the molecule is Cc1cc(C(=O)Nc2ccc(S(=O)(=O)N3CCCCC3)cc2)c2cc(F)ccc2n1. The standard InChI is InChI=1S/C22H22FN3O3S/c1-15-13-20(19-14-16(23)5-10-21(19)24-15)22(27)25-17-6-8-18(9-7-17)30(28,29)26-11-3-2-4-12-26/h5-10,13-14H,2-4,11-12H2,1H3,(H,25,27). The Morgan fingerprint density at radius 3 is 2.43 bits per heavy atom. The van der Waals surface area contributed by atoms with E-state index in [2.05, 4.69) is 10.3 Å². The minimum Gasteiger partial charge on any atom is -0.322 e. The molecule has 0 atom stereocenters. The van der Waals surface area contributed by atoms with Crippen LogP contribution in [0.2, 0.25) is 0 Å². The molecule has 6 nitrogen and oxygen atoms in total. The smallest absolute Gasteiger partial charge is 0.256 e. The van der Waals surface area contributed by atoms with Crippen LogP contribution in [0.15, 0.2) is 53.4 Å². The summed E-state index contributed by atoms with van der Waals surface area (Å²) in [6.45, 7) is 2.83. The minimum absolute atomic E-state index is 0.203. The third-order valence-electron chi connectivity index (χ3n) is 5.21. The number of sulfonamides is 1. The molecule has 1 saturated heterocycles. The van der Waals surface area contributed by atoms with Crippen molar-refractivity contribution in [2.45, 2.75) is 31.1 Å². The number of anilines is 1. The summed E-state index contributed by atoms with van der Waals surface area (Å²) in [7, 11) is -3.53. The molecule has 1 fully saturated rings. The monoisotopic (exact) mass is 427 g/mol. The van der Waals surface area contributed by atoms with E-state index >= 15 is 0 Å². The van der Waals surface area contributed by atoms with Crippen molar-refractivity contribution >= 4 is 32.5 Å². The summed E-state index contributed by atoms with van der Waals surface area (Å²) in [5, 5.41) is 3.18. The van der Waals surface area contributed by atoms with Crippen LogP contribution >= 0.6 is 0 Å². The number of carbonyl (C=O) groups excluding carboxylic acids is 1. The molecule has 0 aliphatic carbocycles. The van der Waals surface area contributed by atoms with Gasteiger partial charge in [-0.2, -0.15) is 4.31 Å². The summed E-state index contributed by atoms with van der Waals surface area (Å²) < 4.78 is 40.7. The molecule has 1 amide bonds. The highest BCUT2D eigenvalue weighted by Gasteiger charge is 2.25. The van der Waals surface area contributed by atoms with Gasteiger partial charge in [0.15, 0.2) is 0 Å². The number of carbonyl (C=O) groups is 1. The lowest BCUT2D eigenvalue weighted by Gasteiger charge is -2.25. The van der Waals surface area contributed by atoms with Crippen molar-refractivity contribution < 1.29 is 17.6 Å². The zero-order valence-electron chi connectivity index (χ0n) is 16.6. The highest BCUT2D eigenvalue weighted by Crippen LogP contribution is 2.24. The number of benzene rings is 2. The van der Waals surface area contributed by atoms with E-state index in [-0.39, 0.29) is 4.90 Å². The number of nitrogens with zero attached hydrogens (tertiary/aromatic N) is 2. The lowest BCUT2D eigenvalue weighted by molar-refractivity contribution is 0.102. The van der Waals surface area contributed by atoms with Gasteiger partial charge in [0.1, 0.15) is 5.82 Å². The number of nitrogens with one attached hydrogen (secondary N) is 1. The molecule has 1 aliphatic rings. The number of amides is 1. The van der Waals surface area contributed by atoms with Gasteiger partial charge in [0.25, 0.3) is 5.91 Å². The first-order chi connectivity index (χ1) is 14.3. The molecule has 1 aromatic heterocycles. The summed E-state index contributed by atoms with van der Waals surface area (Å²) in [5.74, 6) is -0.864. The zero-order chi connectivity index (χ0) is 21.3. The third kappa shape index (κ3) is 4.06. The van der Waals surface area contributed by atoms with E-state index in [9.17, 15) is 17.6 Å². The zero-order valence-corrected chi connectivity index (χ0v) is 17.4. The second-order valence-electron chi connectivity index (χ2n) is 7.42. The molecule has 0 saturated carbocycles. The Morgan fingerprint density at radius 1 is 1.03 bits per heavy atom. The number of halogens is 1. The predicted molar refractivity (Wildman–Crippen MR) is 113 cm³/mol. The Labute approximate surface area is 174 Å². The average molecular weight is 428 g/mol. The first kappa shape index (κ1) is 20.4.